The van der Waals surface area contributed by atoms with Gasteiger partial charge in [-0.3, -0.25) is 14.4 Å². The Hall–Kier alpha value is -3.74. The zero-order chi connectivity index (χ0) is 23.6. The van der Waals surface area contributed by atoms with E-state index in [-0.39, 0.29) is 12.3 Å². The molecule has 1 fully saturated rings. The predicted molar refractivity (Wildman–Crippen MR) is 120 cm³/mol. The molecule has 2 heterocycles. The van der Waals surface area contributed by atoms with E-state index in [9.17, 15) is 14.4 Å². The van der Waals surface area contributed by atoms with Gasteiger partial charge in [-0.15, -0.1) is 0 Å². The third-order valence-electron chi connectivity index (χ3n) is 6.21. The molecule has 2 aromatic rings. The lowest BCUT2D eigenvalue weighted by Gasteiger charge is -2.33. The number of ether oxygens (including phenoxy) is 1. The molecular weight excluding hydrogens is 422 g/mol. The van der Waals surface area contributed by atoms with Gasteiger partial charge in [0, 0.05) is 30.9 Å². The highest BCUT2D eigenvalue weighted by Crippen LogP contribution is 2.29. The van der Waals surface area contributed by atoms with Gasteiger partial charge in [-0.2, -0.15) is 5.26 Å². The van der Waals surface area contributed by atoms with Gasteiger partial charge >= 0.3 is 0 Å². The van der Waals surface area contributed by atoms with Crippen LogP contribution in [0.1, 0.15) is 39.9 Å². The zero-order valence-electron chi connectivity index (χ0n) is 18.0. The number of anilines is 1. The topological polar surface area (TPSA) is 152 Å². The second kappa shape index (κ2) is 9.02. The first kappa shape index (κ1) is 22.5. The Kier molecular flexibility index (Phi) is 6.14. The Morgan fingerprint density at radius 2 is 1.88 bits per heavy atom. The summed E-state index contributed by atoms with van der Waals surface area (Å²) in [6.07, 6.45) is 0.929. The van der Waals surface area contributed by atoms with Crippen LogP contribution in [0.25, 0.3) is 0 Å². The van der Waals surface area contributed by atoms with Crippen LogP contribution in [0.4, 0.5) is 5.69 Å². The van der Waals surface area contributed by atoms with Crippen molar-refractivity contribution in [3.05, 3.63) is 64.7 Å². The molecule has 0 bridgehead atoms. The molecule has 0 spiro atoms. The predicted octanol–water partition coefficient (Wildman–Crippen LogP) is 0.739. The average Bonchev–Trinajstić information content (AvgIpc) is 3.14. The number of amides is 3. The van der Waals surface area contributed by atoms with Crippen molar-refractivity contribution in [2.75, 3.05) is 18.1 Å². The van der Waals surface area contributed by atoms with Gasteiger partial charge in [-0.25, -0.2) is 0 Å². The van der Waals surface area contributed by atoms with Gasteiger partial charge in [0.2, 0.25) is 11.8 Å². The summed E-state index contributed by atoms with van der Waals surface area (Å²) in [6.45, 7) is 1.15. The number of nitrogens with one attached hydrogen (secondary N) is 1. The number of hydrogen-bond donors (Lipinski definition) is 3. The first-order chi connectivity index (χ1) is 15.8. The van der Waals surface area contributed by atoms with E-state index >= 15 is 0 Å². The van der Waals surface area contributed by atoms with Gasteiger partial charge < -0.3 is 26.4 Å². The summed E-state index contributed by atoms with van der Waals surface area (Å²) in [7, 11) is 0. The third kappa shape index (κ3) is 4.58. The highest BCUT2D eigenvalue weighted by atomic mass is 16.5. The van der Waals surface area contributed by atoms with E-state index in [1.165, 1.54) is 0 Å². The molecule has 0 aliphatic carbocycles. The minimum atomic E-state index is -1.09. The van der Waals surface area contributed by atoms with Crippen molar-refractivity contribution in [1.29, 1.82) is 5.26 Å². The first-order valence-corrected chi connectivity index (χ1v) is 10.7. The molecule has 2 aromatic carbocycles. The van der Waals surface area contributed by atoms with E-state index in [2.05, 4.69) is 11.4 Å². The van der Waals surface area contributed by atoms with Crippen LogP contribution >= 0.6 is 0 Å². The number of hydrogen-bond acceptors (Lipinski definition) is 6. The lowest BCUT2D eigenvalue weighted by atomic mass is 9.89. The molecule has 170 valence electrons. The van der Waals surface area contributed by atoms with E-state index in [1.54, 1.807) is 41.3 Å². The SMILES string of the molecule is N#Cc1ccc(N2Cc3cc(C[C@H](NC(=O)C4(N)CCOCC4)C(N)=O)ccc3C2=O)cc1. The number of primary amides is 1. The Bertz CT molecular complexity index is 1130. The lowest BCUT2D eigenvalue weighted by Crippen LogP contribution is -2.60. The molecule has 0 saturated carbocycles. The maximum Gasteiger partial charge on any atom is 0.258 e. The Morgan fingerprint density at radius 1 is 1.18 bits per heavy atom. The van der Waals surface area contributed by atoms with Gasteiger partial charge in [0.1, 0.15) is 6.04 Å². The van der Waals surface area contributed by atoms with Crippen molar-refractivity contribution in [3.8, 4) is 6.07 Å². The maximum atomic E-state index is 12.9. The van der Waals surface area contributed by atoms with Crippen molar-refractivity contribution in [2.24, 2.45) is 11.5 Å². The highest BCUT2D eigenvalue weighted by Gasteiger charge is 2.37. The van der Waals surface area contributed by atoms with Gasteiger partial charge in [-0.05, 0) is 54.3 Å². The summed E-state index contributed by atoms with van der Waals surface area (Å²) in [5.41, 5.74) is 14.1. The lowest BCUT2D eigenvalue weighted by molar-refractivity contribution is -0.133. The molecule has 9 nitrogen and oxygen atoms in total. The van der Waals surface area contributed by atoms with Crippen LogP contribution in [-0.2, 0) is 27.3 Å². The quantitative estimate of drug-likeness (QED) is 0.594. The monoisotopic (exact) mass is 447 g/mol. The second-order valence-corrected chi connectivity index (χ2v) is 8.44. The minimum Gasteiger partial charge on any atom is -0.381 e. The molecule has 1 saturated heterocycles. The smallest absolute Gasteiger partial charge is 0.258 e. The number of nitriles is 1. The molecule has 2 aliphatic rings. The van der Waals surface area contributed by atoms with E-state index in [0.29, 0.717) is 49.4 Å². The summed E-state index contributed by atoms with van der Waals surface area (Å²) >= 11 is 0. The molecule has 1 atom stereocenters. The number of rotatable bonds is 6. The number of carbonyl (C=O) groups excluding carboxylic acids is 3. The van der Waals surface area contributed by atoms with E-state index in [4.69, 9.17) is 21.5 Å². The van der Waals surface area contributed by atoms with Crippen molar-refractivity contribution in [2.45, 2.75) is 37.4 Å². The van der Waals surface area contributed by atoms with Crippen molar-refractivity contribution in [3.63, 3.8) is 0 Å². The summed E-state index contributed by atoms with van der Waals surface area (Å²) in [5.74, 6) is -1.21. The minimum absolute atomic E-state index is 0.134. The first-order valence-electron chi connectivity index (χ1n) is 10.7. The van der Waals surface area contributed by atoms with E-state index < -0.39 is 23.4 Å². The fourth-order valence-electron chi connectivity index (χ4n) is 4.15. The van der Waals surface area contributed by atoms with Gasteiger partial charge in [0.05, 0.1) is 23.7 Å². The van der Waals surface area contributed by atoms with Crippen LogP contribution in [-0.4, -0.2) is 42.5 Å². The van der Waals surface area contributed by atoms with Gasteiger partial charge in [0.15, 0.2) is 0 Å². The third-order valence-corrected chi connectivity index (χ3v) is 6.21. The zero-order valence-corrected chi connectivity index (χ0v) is 18.0. The largest absolute Gasteiger partial charge is 0.381 e. The Morgan fingerprint density at radius 3 is 2.52 bits per heavy atom. The van der Waals surface area contributed by atoms with Crippen LogP contribution in [0, 0.1) is 11.3 Å². The van der Waals surface area contributed by atoms with Crippen LogP contribution < -0.4 is 21.7 Å². The molecule has 2 aliphatic heterocycles. The molecule has 0 radical (unpaired) electrons. The highest BCUT2D eigenvalue weighted by molar-refractivity contribution is 6.10. The molecule has 4 rings (SSSR count). The standard InChI is InChI=1S/C24H25N5O4/c25-13-15-1-4-18(5-2-15)29-14-17-11-16(3-6-19(17)22(29)31)12-20(21(26)30)28-23(32)24(27)7-9-33-10-8-24/h1-6,11,20H,7-10,12,14,27H2,(H2,26,30)(H,28,32)/t20-/m0/s1. The number of nitrogens with two attached hydrogens (primary N) is 2. The Labute approximate surface area is 191 Å². The van der Waals surface area contributed by atoms with E-state index in [1.807, 2.05) is 6.07 Å². The summed E-state index contributed by atoms with van der Waals surface area (Å²) in [5, 5.41) is 11.7. The summed E-state index contributed by atoms with van der Waals surface area (Å²) in [4.78, 5) is 39.3. The fraction of sp³-hybridized carbons (Fsp3) is 0.333. The molecular formula is C24H25N5O4. The van der Waals surface area contributed by atoms with Crippen molar-refractivity contribution >= 4 is 23.4 Å². The number of benzene rings is 2. The summed E-state index contributed by atoms with van der Waals surface area (Å²) < 4.78 is 5.27. The molecule has 33 heavy (non-hydrogen) atoms. The number of fused-ring (bicyclic) bond motifs is 1. The normalized spacial score (nSPS) is 17.7. The second-order valence-electron chi connectivity index (χ2n) is 8.44. The van der Waals surface area contributed by atoms with E-state index in [0.717, 1.165) is 11.1 Å². The van der Waals surface area contributed by atoms with Crippen molar-refractivity contribution in [1.82, 2.24) is 5.32 Å². The van der Waals surface area contributed by atoms with Crippen LogP contribution in [0.5, 0.6) is 0 Å². The number of nitrogens with zero attached hydrogens (tertiary/aromatic N) is 2. The van der Waals surface area contributed by atoms with Crippen LogP contribution in [0.3, 0.4) is 0 Å². The number of carbonyl (C=O) groups is 3. The Balaban J connectivity index is 1.48. The van der Waals surface area contributed by atoms with Gasteiger partial charge in [-0.1, -0.05) is 12.1 Å². The fourth-order valence-corrected chi connectivity index (χ4v) is 4.15. The van der Waals surface area contributed by atoms with Gasteiger partial charge in [0.25, 0.3) is 5.91 Å². The maximum absolute atomic E-state index is 12.9. The van der Waals surface area contributed by atoms with Crippen molar-refractivity contribution < 1.29 is 19.1 Å². The average molecular weight is 447 g/mol. The molecule has 5 N–H and O–H groups in total. The van der Waals surface area contributed by atoms with Crippen LogP contribution in [0.15, 0.2) is 42.5 Å². The molecule has 0 aromatic heterocycles. The molecule has 0 unspecified atom stereocenters. The molecule has 9 heteroatoms. The molecule has 3 amide bonds. The van der Waals surface area contributed by atoms with Crippen LogP contribution in [0.2, 0.25) is 0 Å². The summed E-state index contributed by atoms with van der Waals surface area (Å²) in [6, 6.07) is 13.3.